The summed E-state index contributed by atoms with van der Waals surface area (Å²) in [6, 6.07) is 7.51. The van der Waals surface area contributed by atoms with Crippen molar-refractivity contribution in [3.8, 4) is 5.75 Å². The summed E-state index contributed by atoms with van der Waals surface area (Å²) in [7, 11) is 1.74. The molecule has 0 radical (unpaired) electrons. The standard InChI is InChI=1S/C11H13ClO3S/c12-16(13,14)7-6-9-2-1-3-11(8-9)15-10-4-5-10/h1-3,8,10H,4-7H2. The molecule has 88 valence electrons. The van der Waals surface area contributed by atoms with Gasteiger partial charge in [-0.15, -0.1) is 0 Å². The maximum atomic E-state index is 10.8. The second-order valence-corrected chi connectivity index (χ2v) is 6.85. The highest BCUT2D eigenvalue weighted by molar-refractivity contribution is 8.13. The Bertz CT molecular complexity index is 466. The Balaban J connectivity index is 1.97. The number of hydrogen-bond donors (Lipinski definition) is 0. The molecule has 1 aromatic rings. The summed E-state index contributed by atoms with van der Waals surface area (Å²) < 4.78 is 27.2. The lowest BCUT2D eigenvalue weighted by Gasteiger charge is -2.06. The molecule has 1 aliphatic carbocycles. The van der Waals surface area contributed by atoms with Gasteiger partial charge in [0.1, 0.15) is 5.75 Å². The van der Waals surface area contributed by atoms with Crippen LogP contribution in [0.1, 0.15) is 18.4 Å². The average molecular weight is 261 g/mol. The van der Waals surface area contributed by atoms with Gasteiger partial charge in [0.25, 0.3) is 0 Å². The molecule has 0 unspecified atom stereocenters. The van der Waals surface area contributed by atoms with Crippen LogP contribution in [0.25, 0.3) is 0 Å². The van der Waals surface area contributed by atoms with E-state index in [9.17, 15) is 8.42 Å². The van der Waals surface area contributed by atoms with Crippen molar-refractivity contribution < 1.29 is 13.2 Å². The van der Waals surface area contributed by atoms with E-state index in [1.165, 1.54) is 0 Å². The third kappa shape index (κ3) is 4.02. The summed E-state index contributed by atoms with van der Waals surface area (Å²) in [5.41, 5.74) is 0.933. The largest absolute Gasteiger partial charge is 0.490 e. The van der Waals surface area contributed by atoms with Gasteiger partial charge in [-0.05, 0) is 37.0 Å². The van der Waals surface area contributed by atoms with E-state index in [1.54, 1.807) is 0 Å². The van der Waals surface area contributed by atoms with Crippen molar-refractivity contribution in [2.45, 2.75) is 25.4 Å². The van der Waals surface area contributed by atoms with E-state index >= 15 is 0 Å². The second-order valence-electron chi connectivity index (χ2n) is 3.96. The number of halogens is 1. The summed E-state index contributed by atoms with van der Waals surface area (Å²) in [5, 5.41) is 0. The summed E-state index contributed by atoms with van der Waals surface area (Å²) >= 11 is 0. The summed E-state index contributed by atoms with van der Waals surface area (Å²) in [5.74, 6) is 0.772. The molecule has 0 heterocycles. The van der Waals surface area contributed by atoms with Gasteiger partial charge in [0.15, 0.2) is 0 Å². The summed E-state index contributed by atoms with van der Waals surface area (Å²) in [6.45, 7) is 0. The summed E-state index contributed by atoms with van der Waals surface area (Å²) in [6.07, 6.45) is 3.00. The first kappa shape index (κ1) is 11.7. The number of benzene rings is 1. The molecule has 3 nitrogen and oxygen atoms in total. The van der Waals surface area contributed by atoms with E-state index in [4.69, 9.17) is 15.4 Å². The van der Waals surface area contributed by atoms with Gasteiger partial charge in [-0.2, -0.15) is 0 Å². The van der Waals surface area contributed by atoms with E-state index in [0.29, 0.717) is 12.5 Å². The van der Waals surface area contributed by atoms with E-state index in [2.05, 4.69) is 0 Å². The fraction of sp³-hybridized carbons (Fsp3) is 0.455. The molecule has 0 spiro atoms. The van der Waals surface area contributed by atoms with Crippen LogP contribution < -0.4 is 4.74 Å². The molecule has 0 aromatic heterocycles. The predicted octanol–water partition coefficient (Wildman–Crippen LogP) is 2.34. The van der Waals surface area contributed by atoms with Gasteiger partial charge in [-0.3, -0.25) is 0 Å². The van der Waals surface area contributed by atoms with Crippen molar-refractivity contribution in [2.24, 2.45) is 0 Å². The first-order valence-electron chi connectivity index (χ1n) is 5.21. The minimum absolute atomic E-state index is 0.0402. The quantitative estimate of drug-likeness (QED) is 0.764. The third-order valence-corrected chi connectivity index (χ3v) is 3.51. The van der Waals surface area contributed by atoms with Gasteiger partial charge in [-0.1, -0.05) is 12.1 Å². The molecule has 0 bridgehead atoms. The lowest BCUT2D eigenvalue weighted by atomic mass is 10.2. The Hall–Kier alpha value is -0.740. The molecule has 5 heteroatoms. The molecule has 0 N–H and O–H groups in total. The van der Waals surface area contributed by atoms with Crippen molar-refractivity contribution in [2.75, 3.05) is 5.75 Å². The van der Waals surface area contributed by atoms with Crippen LogP contribution >= 0.6 is 10.7 Å². The zero-order chi connectivity index (χ0) is 11.6. The van der Waals surface area contributed by atoms with E-state index < -0.39 is 9.05 Å². The van der Waals surface area contributed by atoms with Crippen LogP contribution in [-0.4, -0.2) is 20.3 Å². The lowest BCUT2D eigenvalue weighted by molar-refractivity contribution is 0.303. The van der Waals surface area contributed by atoms with Crippen molar-refractivity contribution in [1.29, 1.82) is 0 Å². The van der Waals surface area contributed by atoms with Crippen LogP contribution in [0.2, 0.25) is 0 Å². The highest BCUT2D eigenvalue weighted by atomic mass is 35.7. The number of hydrogen-bond acceptors (Lipinski definition) is 3. The maximum absolute atomic E-state index is 10.8. The monoisotopic (exact) mass is 260 g/mol. The van der Waals surface area contributed by atoms with Crippen LogP contribution in [0.4, 0.5) is 0 Å². The molecule has 1 aromatic carbocycles. The van der Waals surface area contributed by atoms with Gasteiger partial charge < -0.3 is 4.74 Å². The molecule has 1 aliphatic rings. The second kappa shape index (κ2) is 4.63. The van der Waals surface area contributed by atoms with Crippen molar-refractivity contribution >= 4 is 19.7 Å². The van der Waals surface area contributed by atoms with Gasteiger partial charge in [0, 0.05) is 10.7 Å². The SMILES string of the molecule is O=S(=O)(Cl)CCc1cccc(OC2CC2)c1. The molecular formula is C11H13ClO3S. The predicted molar refractivity (Wildman–Crippen MR) is 63.4 cm³/mol. The van der Waals surface area contributed by atoms with Gasteiger partial charge >= 0.3 is 0 Å². The first-order valence-corrected chi connectivity index (χ1v) is 7.69. The normalized spacial score (nSPS) is 16.1. The Kier molecular flexibility index (Phi) is 3.40. The number of ether oxygens (including phenoxy) is 1. The Morgan fingerprint density at radius 3 is 2.75 bits per heavy atom. The van der Waals surface area contributed by atoms with Crippen molar-refractivity contribution in [3.63, 3.8) is 0 Å². The molecule has 0 amide bonds. The first-order chi connectivity index (χ1) is 7.53. The minimum Gasteiger partial charge on any atom is -0.490 e. The smallest absolute Gasteiger partial charge is 0.232 e. The van der Waals surface area contributed by atoms with Crippen molar-refractivity contribution in [1.82, 2.24) is 0 Å². The molecule has 16 heavy (non-hydrogen) atoms. The molecule has 0 atom stereocenters. The molecular weight excluding hydrogens is 248 g/mol. The zero-order valence-electron chi connectivity index (χ0n) is 8.73. The maximum Gasteiger partial charge on any atom is 0.232 e. The fourth-order valence-electron chi connectivity index (χ4n) is 1.39. The van der Waals surface area contributed by atoms with Crippen LogP contribution in [0.15, 0.2) is 24.3 Å². The topological polar surface area (TPSA) is 43.4 Å². The number of rotatable bonds is 5. The van der Waals surface area contributed by atoms with E-state index in [0.717, 1.165) is 24.2 Å². The molecule has 2 rings (SSSR count). The molecule has 0 aliphatic heterocycles. The molecule has 0 saturated heterocycles. The van der Waals surface area contributed by atoms with Crippen LogP contribution in [0.5, 0.6) is 5.75 Å². The minimum atomic E-state index is -3.41. The van der Waals surface area contributed by atoms with Gasteiger partial charge in [0.05, 0.1) is 11.9 Å². The van der Waals surface area contributed by atoms with Crippen LogP contribution in [0, 0.1) is 0 Å². The zero-order valence-corrected chi connectivity index (χ0v) is 10.3. The van der Waals surface area contributed by atoms with Crippen LogP contribution in [0.3, 0.4) is 0 Å². The van der Waals surface area contributed by atoms with E-state index in [-0.39, 0.29) is 5.75 Å². The van der Waals surface area contributed by atoms with Gasteiger partial charge in [0.2, 0.25) is 9.05 Å². The Labute approximate surface area is 99.8 Å². The van der Waals surface area contributed by atoms with Gasteiger partial charge in [-0.25, -0.2) is 8.42 Å². The average Bonchev–Trinajstić information content (AvgIpc) is 2.98. The fourth-order valence-corrected chi connectivity index (χ4v) is 2.10. The third-order valence-electron chi connectivity index (χ3n) is 2.36. The van der Waals surface area contributed by atoms with Crippen LogP contribution in [-0.2, 0) is 15.5 Å². The Morgan fingerprint density at radius 1 is 1.38 bits per heavy atom. The molecule has 1 saturated carbocycles. The summed E-state index contributed by atoms with van der Waals surface area (Å²) in [4.78, 5) is 0. The lowest BCUT2D eigenvalue weighted by Crippen LogP contribution is -2.02. The molecule has 1 fully saturated rings. The van der Waals surface area contributed by atoms with Crippen molar-refractivity contribution in [3.05, 3.63) is 29.8 Å². The highest BCUT2D eigenvalue weighted by Gasteiger charge is 2.23. The Morgan fingerprint density at radius 2 is 2.12 bits per heavy atom. The highest BCUT2D eigenvalue weighted by Crippen LogP contribution is 2.27. The van der Waals surface area contributed by atoms with E-state index in [1.807, 2.05) is 24.3 Å². The number of aryl methyl sites for hydroxylation is 1.